The first-order valence-electron chi connectivity index (χ1n) is 9.55. The Kier molecular flexibility index (Phi) is 6.81. The molecule has 1 aliphatic heterocycles. The molecule has 0 bridgehead atoms. The van der Waals surface area contributed by atoms with Crippen molar-refractivity contribution < 1.29 is 9.59 Å². The predicted molar refractivity (Wildman–Crippen MR) is 115 cm³/mol. The number of nitrogens with zero attached hydrogens (tertiary/aromatic N) is 3. The number of rotatable bonds is 10. The number of nitrogens with one attached hydrogen (secondary N) is 3. The molecule has 10 nitrogen and oxygen atoms in total. The van der Waals surface area contributed by atoms with E-state index in [9.17, 15) is 14.5 Å². The van der Waals surface area contributed by atoms with E-state index in [4.69, 9.17) is 5.84 Å². The number of hydrazine groups is 1. The number of hydrogen-bond acceptors (Lipinski definition) is 10. The van der Waals surface area contributed by atoms with Crippen LogP contribution in [0.4, 0.5) is 11.4 Å². The third kappa shape index (κ3) is 5.03. The number of nitrogen functional groups attached to an aromatic ring is 1. The Morgan fingerprint density at radius 3 is 2.80 bits per heavy atom. The quantitative estimate of drug-likeness (QED) is 0.192. The third-order valence-corrected chi connectivity index (χ3v) is 4.90. The highest BCUT2D eigenvalue weighted by Crippen LogP contribution is 2.23. The monoisotopic (exact) mass is 411 g/mol. The van der Waals surface area contributed by atoms with Crippen LogP contribution >= 0.6 is 0 Å². The summed E-state index contributed by atoms with van der Waals surface area (Å²) in [7, 11) is 1.64. The van der Waals surface area contributed by atoms with Crippen molar-refractivity contribution in [2.24, 2.45) is 11.0 Å². The first kappa shape index (κ1) is 21.1. The van der Waals surface area contributed by atoms with Crippen molar-refractivity contribution in [3.05, 3.63) is 64.6 Å². The van der Waals surface area contributed by atoms with Crippen molar-refractivity contribution in [3.63, 3.8) is 0 Å². The summed E-state index contributed by atoms with van der Waals surface area (Å²) in [4.78, 5) is 38.9. The van der Waals surface area contributed by atoms with Crippen LogP contribution in [-0.4, -0.2) is 54.7 Å². The summed E-state index contributed by atoms with van der Waals surface area (Å²) in [6.45, 7) is 1.87. The lowest BCUT2D eigenvalue weighted by Gasteiger charge is -2.22. The van der Waals surface area contributed by atoms with Crippen LogP contribution in [0.25, 0.3) is 0 Å². The highest BCUT2D eigenvalue weighted by atomic mass is 16.3. The largest absolute Gasteiger partial charge is 0.373 e. The Morgan fingerprint density at radius 1 is 1.27 bits per heavy atom. The van der Waals surface area contributed by atoms with Crippen LogP contribution in [0.2, 0.25) is 0 Å². The molecule has 0 aromatic heterocycles. The maximum absolute atomic E-state index is 12.5. The van der Waals surface area contributed by atoms with Gasteiger partial charge in [0.05, 0.1) is 30.3 Å². The van der Waals surface area contributed by atoms with Gasteiger partial charge in [-0.15, -0.1) is 0 Å². The van der Waals surface area contributed by atoms with Crippen molar-refractivity contribution in [2.75, 3.05) is 44.1 Å². The molecule has 0 radical (unpaired) electrons. The van der Waals surface area contributed by atoms with E-state index in [1.165, 1.54) is 12.2 Å². The zero-order valence-corrected chi connectivity index (χ0v) is 16.7. The van der Waals surface area contributed by atoms with E-state index in [0.29, 0.717) is 5.69 Å². The van der Waals surface area contributed by atoms with Crippen LogP contribution in [0.1, 0.15) is 5.56 Å². The number of anilines is 2. The van der Waals surface area contributed by atoms with Crippen molar-refractivity contribution in [1.29, 1.82) is 0 Å². The highest BCUT2D eigenvalue weighted by molar-refractivity contribution is 6.20. The summed E-state index contributed by atoms with van der Waals surface area (Å²) in [5.41, 5.74) is 5.58. The molecule has 0 atom stereocenters. The van der Waals surface area contributed by atoms with E-state index in [1.54, 1.807) is 18.0 Å². The molecule has 0 fully saturated rings. The highest BCUT2D eigenvalue weighted by Gasteiger charge is 2.23. The number of hydrogen-bond donors (Lipinski definition) is 4. The number of benzene rings is 1. The molecule has 3 rings (SSSR count). The summed E-state index contributed by atoms with van der Waals surface area (Å²) >= 11 is 0. The minimum Gasteiger partial charge on any atom is -0.373 e. The smallest absolute Gasteiger partial charge is 0.204 e. The average molecular weight is 411 g/mol. The van der Waals surface area contributed by atoms with Crippen molar-refractivity contribution in [2.45, 2.75) is 6.42 Å². The maximum Gasteiger partial charge on any atom is 0.204 e. The number of carbonyl (C=O) groups excluding carboxylic acids is 2. The van der Waals surface area contributed by atoms with Crippen molar-refractivity contribution in [1.82, 2.24) is 15.1 Å². The van der Waals surface area contributed by atoms with Gasteiger partial charge in [0.15, 0.2) is 0 Å². The van der Waals surface area contributed by atoms with Gasteiger partial charge in [-0.1, -0.05) is 5.18 Å². The second-order valence-electron chi connectivity index (χ2n) is 6.97. The summed E-state index contributed by atoms with van der Waals surface area (Å²) in [5.74, 6) is 5.01. The Morgan fingerprint density at radius 2 is 2.10 bits per heavy atom. The Balaban J connectivity index is 1.70. The number of ketones is 2. The summed E-state index contributed by atoms with van der Waals surface area (Å²) in [6, 6.07) is 5.52. The number of carbonyl (C=O) groups is 2. The summed E-state index contributed by atoms with van der Waals surface area (Å²) in [6.07, 6.45) is 7.18. The van der Waals surface area contributed by atoms with Crippen LogP contribution in [0.3, 0.4) is 0 Å². The van der Waals surface area contributed by atoms with Gasteiger partial charge in [0.2, 0.25) is 11.6 Å². The zero-order chi connectivity index (χ0) is 21.5. The van der Waals surface area contributed by atoms with E-state index in [2.05, 4.69) is 26.1 Å². The maximum atomic E-state index is 12.5. The van der Waals surface area contributed by atoms with E-state index in [1.807, 2.05) is 24.5 Å². The number of likely N-dealkylation sites (N-methyl/N-ethyl adjacent to an activating group) is 1. The van der Waals surface area contributed by atoms with Crippen LogP contribution in [-0.2, 0) is 16.0 Å². The molecule has 10 heteroatoms. The van der Waals surface area contributed by atoms with E-state index < -0.39 is 0 Å². The molecule has 0 spiro atoms. The van der Waals surface area contributed by atoms with E-state index in [-0.39, 0.29) is 36.1 Å². The average Bonchev–Trinajstić information content (AvgIpc) is 3.26. The molecule has 5 N–H and O–H groups in total. The van der Waals surface area contributed by atoms with Crippen LogP contribution in [0.15, 0.2) is 59.3 Å². The minimum absolute atomic E-state index is 0.0394. The Bertz CT molecular complexity index is 923. The topological polar surface area (TPSA) is 132 Å². The van der Waals surface area contributed by atoms with E-state index in [0.717, 1.165) is 30.9 Å². The van der Waals surface area contributed by atoms with Gasteiger partial charge in [0, 0.05) is 50.4 Å². The second kappa shape index (κ2) is 9.70. The molecule has 0 amide bonds. The van der Waals surface area contributed by atoms with Crippen LogP contribution < -0.4 is 21.9 Å². The van der Waals surface area contributed by atoms with Gasteiger partial charge < -0.3 is 25.9 Å². The Labute approximate surface area is 174 Å². The van der Waals surface area contributed by atoms with E-state index >= 15 is 0 Å². The second-order valence-corrected chi connectivity index (χ2v) is 6.97. The molecule has 1 heterocycles. The van der Waals surface area contributed by atoms with Crippen molar-refractivity contribution in [3.8, 4) is 0 Å². The predicted octanol–water partition coefficient (Wildman–Crippen LogP) is 0.878. The number of nitrogens with two attached hydrogens (primary N) is 1. The van der Waals surface area contributed by atoms with Gasteiger partial charge in [-0.25, -0.2) is 0 Å². The molecular formula is C20H25N7O3. The molecular weight excluding hydrogens is 386 g/mol. The molecule has 1 aromatic rings. The lowest BCUT2D eigenvalue weighted by Crippen LogP contribution is -2.30. The fraction of sp³-hybridized carbons (Fsp3) is 0.300. The molecule has 30 heavy (non-hydrogen) atoms. The fourth-order valence-electron chi connectivity index (χ4n) is 3.23. The van der Waals surface area contributed by atoms with Gasteiger partial charge in [0.25, 0.3) is 0 Å². The van der Waals surface area contributed by atoms with Gasteiger partial charge in [-0.2, -0.15) is 4.91 Å². The standard InChI is InChI=1S/C20H25N7O3/c1-26(8-6-23-30)18-12-19(28)17(11-20(18)29)24-15-2-3-16(25-21)14(10-15)4-7-27-9-5-22-13-27/h2-3,5,9-12,22,24-25H,4,6-8,13,21H2,1H3. The first-order valence-corrected chi connectivity index (χ1v) is 9.55. The Hall–Kier alpha value is -3.66. The third-order valence-electron chi connectivity index (χ3n) is 4.90. The van der Waals surface area contributed by atoms with Gasteiger partial charge in [0.1, 0.15) is 0 Å². The van der Waals surface area contributed by atoms with Gasteiger partial charge in [-0.05, 0) is 30.2 Å². The lowest BCUT2D eigenvalue weighted by atomic mass is 10.0. The molecule has 0 saturated carbocycles. The van der Waals surface area contributed by atoms with Crippen molar-refractivity contribution >= 4 is 22.9 Å². The normalized spacial score (nSPS) is 15.5. The van der Waals surface area contributed by atoms with Gasteiger partial charge >= 0.3 is 0 Å². The van der Waals surface area contributed by atoms with Crippen LogP contribution in [0, 0.1) is 4.91 Å². The molecule has 0 unspecified atom stereocenters. The number of allylic oxidation sites excluding steroid dienone is 2. The molecule has 1 aromatic carbocycles. The SMILES string of the molecule is CN(CCN=O)C1=CC(=O)C(Nc2ccc(NN)c(CCN3C=CNC3)c2)=CC1=O. The lowest BCUT2D eigenvalue weighted by molar-refractivity contribution is -0.116. The fourth-order valence-corrected chi connectivity index (χ4v) is 3.23. The molecule has 0 saturated heterocycles. The molecule has 158 valence electrons. The summed E-state index contributed by atoms with van der Waals surface area (Å²) < 4.78 is 0. The summed E-state index contributed by atoms with van der Waals surface area (Å²) in [5, 5.41) is 8.94. The van der Waals surface area contributed by atoms with Crippen LogP contribution in [0.5, 0.6) is 0 Å². The molecule has 2 aliphatic rings. The minimum atomic E-state index is -0.314. The molecule has 1 aliphatic carbocycles. The first-order chi connectivity index (χ1) is 14.5. The van der Waals surface area contributed by atoms with Gasteiger partial charge in [-0.3, -0.25) is 15.4 Å². The zero-order valence-electron chi connectivity index (χ0n) is 16.7. The number of nitroso groups, excluding NO2 is 1.